The van der Waals surface area contributed by atoms with Crippen LogP contribution < -0.4 is 5.32 Å². The lowest BCUT2D eigenvalue weighted by Gasteiger charge is -2.28. The number of carboxylic acid groups (broad SMARTS) is 1. The van der Waals surface area contributed by atoms with Crippen LogP contribution in [0, 0.1) is 0 Å². The van der Waals surface area contributed by atoms with Gasteiger partial charge >= 0.3 is 5.97 Å². The Kier molecular flexibility index (Phi) is 5.14. The summed E-state index contributed by atoms with van der Waals surface area (Å²) in [5, 5.41) is 11.9. The van der Waals surface area contributed by atoms with Gasteiger partial charge in [-0.15, -0.1) is 0 Å². The van der Waals surface area contributed by atoms with Crippen LogP contribution in [0.1, 0.15) is 37.0 Å². The number of pyridine rings is 1. The Hall–Kier alpha value is -1.33. The molecule has 0 radical (unpaired) electrons. The highest BCUT2D eigenvalue weighted by molar-refractivity contribution is 6.34. The number of halogens is 2. The molecule has 0 bridgehead atoms. The Morgan fingerprint density at radius 1 is 1.32 bits per heavy atom. The lowest BCUT2D eigenvalue weighted by molar-refractivity contribution is -0.144. The average Bonchev–Trinajstić information content (AvgIpc) is 2.35. The maximum absolute atomic E-state index is 12.1. The maximum Gasteiger partial charge on any atom is 0.329 e. The third-order valence-corrected chi connectivity index (χ3v) is 3.53. The predicted molar refractivity (Wildman–Crippen MR) is 72.7 cm³/mol. The standard InChI is InChI=1S/C12H14Cl2N2O3/c1-3-12(4-2,11(18)19)16-10(17)7-5-6-8(13)15-9(7)14/h5-6H,3-4H2,1-2H3,(H,16,17)(H,18,19). The van der Waals surface area contributed by atoms with E-state index in [0.717, 1.165) is 0 Å². The van der Waals surface area contributed by atoms with Gasteiger partial charge in [0.15, 0.2) is 0 Å². The minimum absolute atomic E-state index is 0.0588. The molecule has 5 nitrogen and oxygen atoms in total. The Labute approximate surface area is 120 Å². The van der Waals surface area contributed by atoms with Crippen LogP contribution in [0.25, 0.3) is 0 Å². The molecular weight excluding hydrogens is 291 g/mol. The molecule has 0 spiro atoms. The fourth-order valence-electron chi connectivity index (χ4n) is 1.65. The Bertz CT molecular complexity index is 502. The van der Waals surface area contributed by atoms with Crippen LogP contribution in [-0.4, -0.2) is 27.5 Å². The molecule has 0 aliphatic heterocycles. The summed E-state index contributed by atoms with van der Waals surface area (Å²) < 4.78 is 0. The van der Waals surface area contributed by atoms with Crippen molar-refractivity contribution in [3.05, 3.63) is 28.0 Å². The van der Waals surface area contributed by atoms with Crippen molar-refractivity contribution >= 4 is 35.1 Å². The molecule has 0 saturated carbocycles. The molecule has 1 aromatic rings. The summed E-state index contributed by atoms with van der Waals surface area (Å²) in [6.07, 6.45) is 0.534. The zero-order valence-electron chi connectivity index (χ0n) is 10.5. The van der Waals surface area contributed by atoms with E-state index in [-0.39, 0.29) is 28.7 Å². The van der Waals surface area contributed by atoms with E-state index < -0.39 is 17.4 Å². The first kappa shape index (κ1) is 15.7. The molecule has 19 heavy (non-hydrogen) atoms. The van der Waals surface area contributed by atoms with Crippen molar-refractivity contribution in [3.63, 3.8) is 0 Å². The quantitative estimate of drug-likeness (QED) is 0.820. The van der Waals surface area contributed by atoms with Gasteiger partial charge in [-0.25, -0.2) is 9.78 Å². The van der Waals surface area contributed by atoms with Crippen LogP contribution in [0.2, 0.25) is 10.3 Å². The number of nitrogens with zero attached hydrogens (tertiary/aromatic N) is 1. The number of nitrogens with one attached hydrogen (secondary N) is 1. The Morgan fingerprint density at radius 2 is 1.89 bits per heavy atom. The molecule has 1 amide bonds. The SMILES string of the molecule is CCC(CC)(NC(=O)c1ccc(Cl)nc1Cl)C(=O)O. The average molecular weight is 305 g/mol. The van der Waals surface area contributed by atoms with Crippen molar-refractivity contribution < 1.29 is 14.7 Å². The van der Waals surface area contributed by atoms with Gasteiger partial charge in [0, 0.05) is 0 Å². The number of carboxylic acids is 1. The second-order valence-electron chi connectivity index (χ2n) is 4.02. The van der Waals surface area contributed by atoms with E-state index in [2.05, 4.69) is 10.3 Å². The molecule has 1 aromatic heterocycles. The van der Waals surface area contributed by atoms with Crippen LogP contribution in [0.5, 0.6) is 0 Å². The third-order valence-electron chi connectivity index (χ3n) is 3.03. The van der Waals surface area contributed by atoms with Crippen molar-refractivity contribution in [3.8, 4) is 0 Å². The largest absolute Gasteiger partial charge is 0.480 e. The van der Waals surface area contributed by atoms with Gasteiger partial charge in [0.05, 0.1) is 5.56 Å². The van der Waals surface area contributed by atoms with Gasteiger partial charge in [0.25, 0.3) is 5.91 Å². The smallest absolute Gasteiger partial charge is 0.329 e. The van der Waals surface area contributed by atoms with Crippen LogP contribution >= 0.6 is 23.2 Å². The Balaban J connectivity index is 3.04. The van der Waals surface area contributed by atoms with Gasteiger partial charge < -0.3 is 10.4 Å². The first-order valence-electron chi connectivity index (χ1n) is 5.74. The van der Waals surface area contributed by atoms with Gasteiger partial charge in [-0.1, -0.05) is 37.0 Å². The molecule has 1 rings (SSSR count). The predicted octanol–water partition coefficient (Wildman–Crippen LogP) is 2.76. The molecule has 0 saturated heterocycles. The van der Waals surface area contributed by atoms with Crippen LogP contribution in [-0.2, 0) is 4.79 Å². The fourth-order valence-corrected chi connectivity index (χ4v) is 2.08. The molecule has 0 aliphatic rings. The van der Waals surface area contributed by atoms with Crippen molar-refractivity contribution in [2.45, 2.75) is 32.2 Å². The molecule has 0 aliphatic carbocycles. The van der Waals surface area contributed by atoms with Gasteiger partial charge in [-0.05, 0) is 25.0 Å². The molecule has 104 valence electrons. The molecule has 0 aromatic carbocycles. The van der Waals surface area contributed by atoms with Crippen molar-refractivity contribution in [1.82, 2.24) is 10.3 Å². The minimum Gasteiger partial charge on any atom is -0.480 e. The number of rotatable bonds is 5. The summed E-state index contributed by atoms with van der Waals surface area (Å²) in [5.41, 5.74) is -1.21. The van der Waals surface area contributed by atoms with Gasteiger partial charge in [-0.2, -0.15) is 0 Å². The maximum atomic E-state index is 12.1. The van der Waals surface area contributed by atoms with E-state index in [4.69, 9.17) is 23.2 Å². The summed E-state index contributed by atoms with van der Waals surface area (Å²) >= 11 is 11.5. The second-order valence-corrected chi connectivity index (χ2v) is 4.77. The number of aliphatic carboxylic acids is 1. The molecule has 0 fully saturated rings. The third kappa shape index (κ3) is 3.36. The fraction of sp³-hybridized carbons (Fsp3) is 0.417. The second kappa shape index (κ2) is 6.21. The normalized spacial score (nSPS) is 11.2. The molecule has 1 heterocycles. The van der Waals surface area contributed by atoms with Gasteiger partial charge in [0.2, 0.25) is 0 Å². The van der Waals surface area contributed by atoms with Crippen molar-refractivity contribution in [1.29, 1.82) is 0 Å². The molecule has 2 N–H and O–H groups in total. The molecule has 0 unspecified atom stereocenters. The van der Waals surface area contributed by atoms with E-state index in [1.165, 1.54) is 12.1 Å². The van der Waals surface area contributed by atoms with E-state index >= 15 is 0 Å². The monoisotopic (exact) mass is 304 g/mol. The minimum atomic E-state index is -1.31. The molecule has 7 heteroatoms. The summed E-state index contributed by atoms with van der Waals surface area (Å²) in [7, 11) is 0. The van der Waals surface area contributed by atoms with Crippen molar-refractivity contribution in [2.24, 2.45) is 0 Å². The first-order chi connectivity index (χ1) is 8.86. The zero-order valence-corrected chi connectivity index (χ0v) is 12.0. The van der Waals surface area contributed by atoms with Gasteiger partial charge in [-0.3, -0.25) is 4.79 Å². The lowest BCUT2D eigenvalue weighted by atomic mass is 9.92. The summed E-state index contributed by atoms with van der Waals surface area (Å²) in [4.78, 5) is 27.1. The van der Waals surface area contributed by atoms with E-state index in [9.17, 15) is 14.7 Å². The van der Waals surface area contributed by atoms with Crippen LogP contribution in [0.4, 0.5) is 0 Å². The number of hydrogen-bond acceptors (Lipinski definition) is 3. The highest BCUT2D eigenvalue weighted by atomic mass is 35.5. The highest BCUT2D eigenvalue weighted by Gasteiger charge is 2.37. The van der Waals surface area contributed by atoms with Gasteiger partial charge in [0.1, 0.15) is 15.8 Å². The Morgan fingerprint density at radius 3 is 2.32 bits per heavy atom. The van der Waals surface area contributed by atoms with Crippen molar-refractivity contribution in [2.75, 3.05) is 0 Å². The highest BCUT2D eigenvalue weighted by Crippen LogP contribution is 2.20. The zero-order chi connectivity index (χ0) is 14.6. The van der Waals surface area contributed by atoms with Crippen LogP contribution in [0.3, 0.4) is 0 Å². The summed E-state index contributed by atoms with van der Waals surface area (Å²) in [6, 6.07) is 2.83. The number of carbonyl (C=O) groups is 2. The van der Waals surface area contributed by atoms with Crippen LogP contribution in [0.15, 0.2) is 12.1 Å². The number of carbonyl (C=O) groups excluding carboxylic acids is 1. The number of hydrogen-bond donors (Lipinski definition) is 2. The summed E-state index contributed by atoms with van der Waals surface area (Å²) in [6.45, 7) is 3.39. The first-order valence-corrected chi connectivity index (χ1v) is 6.49. The van der Waals surface area contributed by atoms with E-state index in [1.807, 2.05) is 0 Å². The van der Waals surface area contributed by atoms with E-state index in [1.54, 1.807) is 13.8 Å². The topological polar surface area (TPSA) is 79.3 Å². The number of amides is 1. The number of aromatic nitrogens is 1. The molecule has 0 atom stereocenters. The summed E-state index contributed by atoms with van der Waals surface area (Å²) in [5.74, 6) is -1.66. The molecular formula is C12H14Cl2N2O3. The lowest BCUT2D eigenvalue weighted by Crippen LogP contribution is -2.53. The van der Waals surface area contributed by atoms with E-state index in [0.29, 0.717) is 0 Å².